The van der Waals surface area contributed by atoms with Crippen molar-refractivity contribution < 1.29 is 9.90 Å². The molecule has 0 aromatic rings. The Balaban J connectivity index is 4.96. The lowest BCUT2D eigenvalue weighted by Crippen LogP contribution is -2.29. The Kier molecular flexibility index (Phi) is 9.95. The molecule has 0 aliphatic heterocycles. The highest BCUT2D eigenvalue weighted by Gasteiger charge is 2.33. The SMILES string of the molecule is CCC=CC(CCCC)(CCCO)C(=O)CCC. The molecule has 0 spiro atoms. The van der Waals surface area contributed by atoms with Gasteiger partial charge in [0.2, 0.25) is 0 Å². The minimum absolute atomic E-state index is 0.174. The quantitative estimate of drug-likeness (QED) is 0.559. The van der Waals surface area contributed by atoms with E-state index in [1.165, 1.54) is 0 Å². The summed E-state index contributed by atoms with van der Waals surface area (Å²) in [6.07, 6.45) is 11.4. The second kappa shape index (κ2) is 10.3. The third kappa shape index (κ3) is 5.81. The van der Waals surface area contributed by atoms with Crippen molar-refractivity contribution in [1.82, 2.24) is 0 Å². The van der Waals surface area contributed by atoms with Crippen molar-refractivity contribution in [3.05, 3.63) is 12.2 Å². The first-order valence-electron chi connectivity index (χ1n) is 7.48. The standard InChI is InChI=1S/C16H30O2/c1-4-7-11-16(12-8-5-2,13-9-14-17)15(18)10-6-3/h7,11,17H,4-6,8-10,12-14H2,1-3H3. The number of hydrogen-bond acceptors (Lipinski definition) is 2. The van der Waals surface area contributed by atoms with Crippen molar-refractivity contribution in [3.8, 4) is 0 Å². The van der Waals surface area contributed by atoms with Crippen molar-refractivity contribution in [2.45, 2.75) is 72.1 Å². The van der Waals surface area contributed by atoms with Crippen LogP contribution in [0, 0.1) is 5.41 Å². The van der Waals surface area contributed by atoms with Gasteiger partial charge < -0.3 is 5.11 Å². The Morgan fingerprint density at radius 3 is 2.28 bits per heavy atom. The minimum Gasteiger partial charge on any atom is -0.396 e. The van der Waals surface area contributed by atoms with E-state index < -0.39 is 0 Å². The summed E-state index contributed by atoms with van der Waals surface area (Å²) < 4.78 is 0. The number of unbranched alkanes of at least 4 members (excludes halogenated alkanes) is 1. The Hall–Kier alpha value is -0.630. The van der Waals surface area contributed by atoms with E-state index in [9.17, 15) is 4.79 Å². The molecule has 1 unspecified atom stereocenters. The van der Waals surface area contributed by atoms with Crippen LogP contribution < -0.4 is 0 Å². The molecular weight excluding hydrogens is 224 g/mol. The smallest absolute Gasteiger partial charge is 0.142 e. The number of Topliss-reactive ketones (excluding diaryl/α,β-unsaturated/α-hetero) is 1. The van der Waals surface area contributed by atoms with Gasteiger partial charge in [-0.05, 0) is 32.1 Å². The molecule has 0 saturated heterocycles. The minimum atomic E-state index is -0.315. The fraction of sp³-hybridized carbons (Fsp3) is 0.812. The van der Waals surface area contributed by atoms with Crippen molar-refractivity contribution in [1.29, 1.82) is 0 Å². The van der Waals surface area contributed by atoms with Crippen molar-refractivity contribution >= 4 is 5.78 Å². The normalized spacial score (nSPS) is 14.9. The van der Waals surface area contributed by atoms with Crippen molar-refractivity contribution in [2.24, 2.45) is 5.41 Å². The van der Waals surface area contributed by atoms with Gasteiger partial charge in [0.25, 0.3) is 0 Å². The lowest BCUT2D eigenvalue weighted by atomic mass is 9.73. The van der Waals surface area contributed by atoms with E-state index in [-0.39, 0.29) is 12.0 Å². The molecule has 18 heavy (non-hydrogen) atoms. The van der Waals surface area contributed by atoms with E-state index in [2.05, 4.69) is 32.9 Å². The number of allylic oxidation sites excluding steroid dienone is 2. The zero-order valence-corrected chi connectivity index (χ0v) is 12.4. The number of ketones is 1. The molecule has 0 aliphatic rings. The van der Waals surface area contributed by atoms with Gasteiger partial charge in [-0.3, -0.25) is 4.79 Å². The van der Waals surface area contributed by atoms with Gasteiger partial charge in [-0.2, -0.15) is 0 Å². The summed E-state index contributed by atoms with van der Waals surface area (Å²) in [7, 11) is 0. The first kappa shape index (κ1) is 17.4. The summed E-state index contributed by atoms with van der Waals surface area (Å²) >= 11 is 0. The van der Waals surface area contributed by atoms with Gasteiger partial charge >= 0.3 is 0 Å². The molecule has 0 aliphatic carbocycles. The Bertz CT molecular complexity index is 235. The number of carbonyl (C=O) groups excluding carboxylic acids is 1. The average Bonchev–Trinajstić information content (AvgIpc) is 2.38. The van der Waals surface area contributed by atoms with Crippen LogP contribution in [0.4, 0.5) is 0 Å². The third-order valence-corrected chi connectivity index (χ3v) is 3.46. The molecule has 0 fully saturated rings. The molecule has 0 rings (SSSR count). The summed E-state index contributed by atoms with van der Waals surface area (Å²) in [6, 6.07) is 0. The lowest BCUT2D eigenvalue weighted by molar-refractivity contribution is -0.127. The van der Waals surface area contributed by atoms with Crippen molar-refractivity contribution in [3.63, 3.8) is 0 Å². The van der Waals surface area contributed by atoms with Gasteiger partial charge in [-0.1, -0.05) is 45.8 Å². The van der Waals surface area contributed by atoms with Crippen LogP contribution >= 0.6 is 0 Å². The van der Waals surface area contributed by atoms with Gasteiger partial charge in [0.05, 0.1) is 0 Å². The summed E-state index contributed by atoms with van der Waals surface area (Å²) in [5.74, 6) is 0.358. The molecule has 0 bridgehead atoms. The number of aliphatic hydroxyl groups excluding tert-OH is 1. The van der Waals surface area contributed by atoms with Crippen LogP contribution in [0.25, 0.3) is 0 Å². The van der Waals surface area contributed by atoms with Gasteiger partial charge in [0.1, 0.15) is 5.78 Å². The Morgan fingerprint density at radius 1 is 1.11 bits per heavy atom. The van der Waals surface area contributed by atoms with E-state index in [0.717, 1.165) is 38.5 Å². The monoisotopic (exact) mass is 254 g/mol. The van der Waals surface area contributed by atoms with Gasteiger partial charge in [0, 0.05) is 18.4 Å². The van der Waals surface area contributed by atoms with E-state index in [0.29, 0.717) is 18.6 Å². The molecule has 0 aromatic carbocycles. The lowest BCUT2D eigenvalue weighted by Gasteiger charge is -2.29. The van der Waals surface area contributed by atoms with Crippen LogP contribution in [0.15, 0.2) is 12.2 Å². The van der Waals surface area contributed by atoms with Crippen LogP contribution in [0.1, 0.15) is 72.1 Å². The maximum absolute atomic E-state index is 12.4. The van der Waals surface area contributed by atoms with E-state index in [1.807, 2.05) is 0 Å². The largest absolute Gasteiger partial charge is 0.396 e. The molecule has 0 saturated carbocycles. The van der Waals surface area contributed by atoms with E-state index >= 15 is 0 Å². The predicted octanol–water partition coefficient (Wildman–Crippen LogP) is 4.27. The highest BCUT2D eigenvalue weighted by atomic mass is 16.3. The van der Waals surface area contributed by atoms with Gasteiger partial charge in [0.15, 0.2) is 0 Å². The molecule has 1 N–H and O–H groups in total. The molecule has 106 valence electrons. The zero-order valence-electron chi connectivity index (χ0n) is 12.4. The molecule has 0 amide bonds. The van der Waals surface area contributed by atoms with Crippen LogP contribution in [-0.4, -0.2) is 17.5 Å². The van der Waals surface area contributed by atoms with Crippen LogP contribution in [0.5, 0.6) is 0 Å². The number of rotatable bonds is 11. The maximum atomic E-state index is 12.4. The molecule has 2 nitrogen and oxygen atoms in total. The second-order valence-electron chi connectivity index (χ2n) is 5.07. The summed E-state index contributed by atoms with van der Waals surface area (Å²) in [6.45, 7) is 6.48. The number of carbonyl (C=O) groups is 1. The zero-order chi connectivity index (χ0) is 13.9. The van der Waals surface area contributed by atoms with E-state index in [4.69, 9.17) is 5.11 Å². The Labute approximate surface area is 112 Å². The second-order valence-corrected chi connectivity index (χ2v) is 5.07. The summed E-state index contributed by atoms with van der Waals surface area (Å²) in [5.41, 5.74) is -0.315. The Morgan fingerprint density at radius 2 is 1.78 bits per heavy atom. The van der Waals surface area contributed by atoms with Crippen LogP contribution in [0.2, 0.25) is 0 Å². The van der Waals surface area contributed by atoms with Gasteiger partial charge in [-0.15, -0.1) is 0 Å². The first-order valence-corrected chi connectivity index (χ1v) is 7.48. The van der Waals surface area contributed by atoms with Gasteiger partial charge in [-0.25, -0.2) is 0 Å². The number of aliphatic hydroxyl groups is 1. The molecule has 2 heteroatoms. The number of hydrogen-bond donors (Lipinski definition) is 1. The fourth-order valence-corrected chi connectivity index (χ4v) is 2.37. The highest BCUT2D eigenvalue weighted by molar-refractivity contribution is 5.86. The average molecular weight is 254 g/mol. The molecule has 0 heterocycles. The molecule has 0 aromatic heterocycles. The van der Waals surface area contributed by atoms with Crippen molar-refractivity contribution in [2.75, 3.05) is 6.61 Å². The molecule has 0 radical (unpaired) electrons. The maximum Gasteiger partial charge on any atom is 0.142 e. The molecular formula is C16H30O2. The van der Waals surface area contributed by atoms with E-state index in [1.54, 1.807) is 0 Å². The van der Waals surface area contributed by atoms with Crippen LogP contribution in [0.3, 0.4) is 0 Å². The fourth-order valence-electron chi connectivity index (χ4n) is 2.37. The highest BCUT2D eigenvalue weighted by Crippen LogP contribution is 2.35. The predicted molar refractivity (Wildman–Crippen MR) is 77.6 cm³/mol. The molecule has 1 atom stereocenters. The first-order chi connectivity index (χ1) is 8.66. The summed E-state index contributed by atoms with van der Waals surface area (Å²) in [5, 5.41) is 9.06. The summed E-state index contributed by atoms with van der Waals surface area (Å²) in [4.78, 5) is 12.4. The van der Waals surface area contributed by atoms with Crippen LogP contribution in [-0.2, 0) is 4.79 Å². The topological polar surface area (TPSA) is 37.3 Å². The third-order valence-electron chi connectivity index (χ3n) is 3.46.